The van der Waals surface area contributed by atoms with Gasteiger partial charge in [0.25, 0.3) is 0 Å². The van der Waals surface area contributed by atoms with E-state index in [9.17, 15) is 4.79 Å². The smallest absolute Gasteiger partial charge is 0.345 e. The van der Waals surface area contributed by atoms with Crippen molar-refractivity contribution in [3.05, 3.63) is 35.2 Å². The number of aryl methyl sites for hydroxylation is 1. The number of pyridine rings is 1. The van der Waals surface area contributed by atoms with Crippen molar-refractivity contribution in [1.29, 1.82) is 0 Å². The minimum Gasteiger partial charge on any atom is -0.462 e. The third-order valence-electron chi connectivity index (χ3n) is 3.46. The summed E-state index contributed by atoms with van der Waals surface area (Å²) in [4.78, 5) is 19.5. The van der Waals surface area contributed by atoms with E-state index in [-0.39, 0.29) is 0 Å². The SMILES string of the molecule is CCOC(=O)c1c[n+](CC)c2ccc3[nH]cnc3c2c1Cl. The highest BCUT2D eigenvalue weighted by Gasteiger charge is 2.24. The van der Waals surface area contributed by atoms with Crippen molar-refractivity contribution in [2.24, 2.45) is 0 Å². The summed E-state index contributed by atoms with van der Waals surface area (Å²) in [7, 11) is 0. The van der Waals surface area contributed by atoms with E-state index >= 15 is 0 Å². The molecule has 0 unspecified atom stereocenters. The van der Waals surface area contributed by atoms with Crippen LogP contribution in [0.5, 0.6) is 0 Å². The van der Waals surface area contributed by atoms with Gasteiger partial charge in [-0.05, 0) is 19.9 Å². The molecule has 0 amide bonds. The molecule has 0 bridgehead atoms. The van der Waals surface area contributed by atoms with Crippen molar-refractivity contribution >= 4 is 39.5 Å². The van der Waals surface area contributed by atoms with E-state index in [1.165, 1.54) is 0 Å². The molecule has 0 aliphatic heterocycles. The van der Waals surface area contributed by atoms with Gasteiger partial charge in [0.2, 0.25) is 5.52 Å². The Morgan fingerprint density at radius 3 is 2.95 bits per heavy atom. The van der Waals surface area contributed by atoms with Crippen molar-refractivity contribution in [2.75, 3.05) is 6.61 Å². The first-order valence-corrected chi connectivity index (χ1v) is 7.20. The molecule has 0 saturated heterocycles. The van der Waals surface area contributed by atoms with Crippen LogP contribution in [0, 0.1) is 0 Å². The van der Waals surface area contributed by atoms with Crippen LogP contribution in [-0.2, 0) is 11.3 Å². The number of rotatable bonds is 3. The van der Waals surface area contributed by atoms with Crippen LogP contribution in [0.4, 0.5) is 0 Å². The molecule has 0 spiro atoms. The summed E-state index contributed by atoms with van der Waals surface area (Å²) >= 11 is 6.47. The lowest BCUT2D eigenvalue weighted by Gasteiger charge is -2.07. The molecule has 21 heavy (non-hydrogen) atoms. The quantitative estimate of drug-likeness (QED) is 0.598. The summed E-state index contributed by atoms with van der Waals surface area (Å²) in [5.41, 5.74) is 2.94. The molecule has 0 atom stereocenters. The predicted molar refractivity (Wildman–Crippen MR) is 80.4 cm³/mol. The molecule has 3 aromatic rings. The number of carbonyl (C=O) groups is 1. The summed E-state index contributed by atoms with van der Waals surface area (Å²) in [5, 5.41) is 1.15. The normalized spacial score (nSPS) is 11.2. The number of carbonyl (C=O) groups excluding carboxylic acids is 1. The van der Waals surface area contributed by atoms with Gasteiger partial charge in [-0.25, -0.2) is 9.78 Å². The number of nitrogens with zero attached hydrogens (tertiary/aromatic N) is 2. The Morgan fingerprint density at radius 1 is 1.43 bits per heavy atom. The topological polar surface area (TPSA) is 58.9 Å². The van der Waals surface area contributed by atoms with Crippen LogP contribution in [0.25, 0.3) is 21.9 Å². The van der Waals surface area contributed by atoms with Crippen LogP contribution in [-0.4, -0.2) is 22.5 Å². The Morgan fingerprint density at radius 2 is 2.24 bits per heavy atom. The third-order valence-corrected chi connectivity index (χ3v) is 3.85. The fourth-order valence-electron chi connectivity index (χ4n) is 2.48. The molecule has 2 aromatic heterocycles. The Balaban J connectivity index is 2.41. The third kappa shape index (κ3) is 2.14. The number of nitrogens with one attached hydrogen (secondary N) is 1. The Labute approximate surface area is 126 Å². The van der Waals surface area contributed by atoms with Crippen LogP contribution in [0.2, 0.25) is 5.02 Å². The molecule has 0 aliphatic rings. The molecule has 6 heteroatoms. The maximum absolute atomic E-state index is 12.1. The molecule has 2 heterocycles. The van der Waals surface area contributed by atoms with E-state index in [2.05, 4.69) is 9.97 Å². The maximum Gasteiger partial charge on any atom is 0.345 e. The van der Waals surface area contributed by atoms with Crippen LogP contribution in [0.1, 0.15) is 24.2 Å². The molecule has 1 N–H and O–H groups in total. The molecule has 3 rings (SSSR count). The standard InChI is InChI=1S/C15H14ClN3O2/c1-3-19-7-9(15(20)21-4-2)13(16)12-11(19)6-5-10-14(12)18-8-17-10/h5-8H,3-4H2,1-2H3/p+1. The fraction of sp³-hybridized carbons (Fsp3) is 0.267. The highest BCUT2D eigenvalue weighted by molar-refractivity contribution is 6.39. The van der Waals surface area contributed by atoms with E-state index in [0.29, 0.717) is 17.2 Å². The lowest BCUT2D eigenvalue weighted by molar-refractivity contribution is -0.667. The zero-order valence-corrected chi connectivity index (χ0v) is 12.6. The van der Waals surface area contributed by atoms with E-state index in [4.69, 9.17) is 16.3 Å². The number of aromatic amines is 1. The summed E-state index contributed by atoms with van der Waals surface area (Å²) in [6.07, 6.45) is 3.36. The minimum absolute atomic E-state index is 0.311. The van der Waals surface area contributed by atoms with Gasteiger partial charge < -0.3 is 9.72 Å². The molecule has 1 aromatic carbocycles. The van der Waals surface area contributed by atoms with E-state index in [0.717, 1.165) is 28.5 Å². The number of imidazole rings is 1. The summed E-state index contributed by atoms with van der Waals surface area (Å²) in [6.45, 7) is 4.81. The Hall–Kier alpha value is -2.14. The second kappa shape index (κ2) is 5.33. The van der Waals surface area contributed by atoms with E-state index in [1.807, 2.05) is 23.6 Å². The van der Waals surface area contributed by atoms with Crippen molar-refractivity contribution in [3.8, 4) is 0 Å². The maximum atomic E-state index is 12.1. The van der Waals surface area contributed by atoms with Crippen molar-refractivity contribution in [2.45, 2.75) is 20.4 Å². The van der Waals surface area contributed by atoms with Gasteiger partial charge >= 0.3 is 5.97 Å². The number of ether oxygens (including phenoxy) is 1. The number of halogens is 1. The summed E-state index contributed by atoms with van der Waals surface area (Å²) < 4.78 is 7.06. The molecule has 0 fully saturated rings. The van der Waals surface area contributed by atoms with Gasteiger partial charge in [0, 0.05) is 6.07 Å². The summed E-state index contributed by atoms with van der Waals surface area (Å²) in [5.74, 6) is -0.417. The van der Waals surface area contributed by atoms with E-state index in [1.54, 1.807) is 19.4 Å². The van der Waals surface area contributed by atoms with Crippen LogP contribution in [0.3, 0.4) is 0 Å². The molecule has 108 valence electrons. The number of fused-ring (bicyclic) bond motifs is 3. The second-order valence-electron chi connectivity index (χ2n) is 4.62. The summed E-state index contributed by atoms with van der Waals surface area (Å²) in [6, 6.07) is 3.93. The lowest BCUT2D eigenvalue weighted by Crippen LogP contribution is -2.34. The number of hydrogen-bond donors (Lipinski definition) is 1. The van der Waals surface area contributed by atoms with Crippen molar-refractivity contribution < 1.29 is 14.1 Å². The highest BCUT2D eigenvalue weighted by atomic mass is 35.5. The van der Waals surface area contributed by atoms with Gasteiger partial charge in [0.15, 0.2) is 6.20 Å². The largest absolute Gasteiger partial charge is 0.462 e. The van der Waals surface area contributed by atoms with Gasteiger partial charge in [0.1, 0.15) is 17.6 Å². The fourth-order valence-corrected chi connectivity index (χ4v) is 2.79. The minimum atomic E-state index is -0.417. The molecular formula is C15H15ClN3O2+. The van der Waals surface area contributed by atoms with Gasteiger partial charge in [-0.2, -0.15) is 4.57 Å². The van der Waals surface area contributed by atoms with Gasteiger partial charge in [0.05, 0.1) is 28.9 Å². The van der Waals surface area contributed by atoms with Crippen LogP contribution >= 0.6 is 11.6 Å². The van der Waals surface area contributed by atoms with Gasteiger partial charge in [-0.15, -0.1) is 0 Å². The molecular weight excluding hydrogens is 290 g/mol. The zero-order valence-electron chi connectivity index (χ0n) is 11.8. The molecule has 0 saturated carbocycles. The Bertz CT molecular complexity index is 842. The number of aromatic nitrogens is 3. The highest BCUT2D eigenvalue weighted by Crippen LogP contribution is 2.30. The average Bonchev–Trinajstić information content (AvgIpc) is 2.96. The lowest BCUT2D eigenvalue weighted by atomic mass is 10.1. The first kappa shape index (κ1) is 13.8. The first-order valence-electron chi connectivity index (χ1n) is 6.82. The molecule has 0 aliphatic carbocycles. The average molecular weight is 305 g/mol. The molecule has 0 radical (unpaired) electrons. The zero-order chi connectivity index (χ0) is 15.0. The van der Waals surface area contributed by atoms with Gasteiger partial charge in [-0.1, -0.05) is 11.6 Å². The van der Waals surface area contributed by atoms with Crippen molar-refractivity contribution in [3.63, 3.8) is 0 Å². The van der Waals surface area contributed by atoms with Crippen LogP contribution < -0.4 is 4.57 Å². The number of benzene rings is 1. The number of hydrogen-bond acceptors (Lipinski definition) is 3. The number of esters is 1. The second-order valence-corrected chi connectivity index (χ2v) is 5.00. The van der Waals surface area contributed by atoms with Gasteiger partial charge in [-0.3, -0.25) is 0 Å². The van der Waals surface area contributed by atoms with Crippen LogP contribution in [0.15, 0.2) is 24.7 Å². The predicted octanol–water partition coefficient (Wildman–Crippen LogP) is 2.85. The Kier molecular flexibility index (Phi) is 3.51. The van der Waals surface area contributed by atoms with E-state index < -0.39 is 5.97 Å². The number of H-pyrrole nitrogens is 1. The monoisotopic (exact) mass is 304 g/mol. The first-order chi connectivity index (χ1) is 10.2. The van der Waals surface area contributed by atoms with Crippen molar-refractivity contribution in [1.82, 2.24) is 9.97 Å². The molecule has 5 nitrogen and oxygen atoms in total.